The van der Waals surface area contributed by atoms with Crippen LogP contribution in [0.3, 0.4) is 0 Å². The van der Waals surface area contributed by atoms with Crippen LogP contribution < -0.4 is 0 Å². The number of hydrogen-bond acceptors (Lipinski definition) is 5. The van der Waals surface area contributed by atoms with Gasteiger partial charge in [-0.1, -0.05) is 11.6 Å². The highest BCUT2D eigenvalue weighted by Crippen LogP contribution is 2.29. The van der Waals surface area contributed by atoms with E-state index in [0.717, 1.165) is 21.4 Å². The van der Waals surface area contributed by atoms with E-state index in [0.29, 0.717) is 10.8 Å². The molecule has 0 aliphatic rings. The predicted octanol–water partition coefficient (Wildman–Crippen LogP) is 2.52. The van der Waals surface area contributed by atoms with Crippen LogP contribution in [0, 0.1) is 13.8 Å². The molecule has 0 bridgehead atoms. The Kier molecular flexibility index (Phi) is 2.34. The van der Waals surface area contributed by atoms with Crippen LogP contribution in [0.2, 0.25) is 5.15 Å². The minimum Gasteiger partial charge on any atom is -0.262 e. The Morgan fingerprint density at radius 2 is 2.06 bits per heavy atom. The number of hydrogen-bond donors (Lipinski definition) is 0. The van der Waals surface area contributed by atoms with Gasteiger partial charge in [0.15, 0.2) is 11.5 Å². The Hall–Kier alpha value is -1.53. The van der Waals surface area contributed by atoms with E-state index >= 15 is 0 Å². The molecule has 3 aromatic rings. The van der Waals surface area contributed by atoms with E-state index in [-0.39, 0.29) is 0 Å². The summed E-state index contributed by atoms with van der Waals surface area (Å²) < 4.78 is 1.77. The molecule has 17 heavy (non-hydrogen) atoms. The number of aryl methyl sites for hydroxylation is 2. The van der Waals surface area contributed by atoms with Crippen molar-refractivity contribution < 1.29 is 0 Å². The maximum Gasteiger partial charge on any atom is 0.181 e. The van der Waals surface area contributed by atoms with Gasteiger partial charge >= 0.3 is 0 Å². The van der Waals surface area contributed by atoms with Crippen LogP contribution in [0.15, 0.2) is 12.4 Å². The lowest BCUT2D eigenvalue weighted by atomic mass is 10.4. The molecule has 0 radical (unpaired) electrons. The van der Waals surface area contributed by atoms with Gasteiger partial charge < -0.3 is 0 Å². The quantitative estimate of drug-likeness (QED) is 0.678. The molecule has 0 spiro atoms. The third-order valence-corrected chi connectivity index (χ3v) is 3.71. The van der Waals surface area contributed by atoms with Crippen LogP contribution in [0.25, 0.3) is 16.3 Å². The fraction of sp³-hybridized carbons (Fsp3) is 0.200. The van der Waals surface area contributed by atoms with Crippen LogP contribution in [-0.2, 0) is 0 Å². The monoisotopic (exact) mass is 265 g/mol. The molecule has 0 aliphatic heterocycles. The topological polar surface area (TPSA) is 56.0 Å². The molecule has 86 valence electrons. The Morgan fingerprint density at radius 3 is 2.76 bits per heavy atom. The predicted molar refractivity (Wildman–Crippen MR) is 66.4 cm³/mol. The third-order valence-electron chi connectivity index (χ3n) is 2.38. The summed E-state index contributed by atoms with van der Waals surface area (Å²) in [7, 11) is 0. The molecule has 5 nitrogen and oxygen atoms in total. The molecule has 0 unspecified atom stereocenters. The first-order valence-corrected chi connectivity index (χ1v) is 6.15. The molecule has 0 N–H and O–H groups in total. The van der Waals surface area contributed by atoms with Crippen molar-refractivity contribution in [1.82, 2.24) is 24.6 Å². The van der Waals surface area contributed by atoms with Crippen molar-refractivity contribution >= 4 is 28.6 Å². The minimum atomic E-state index is 0.493. The summed E-state index contributed by atoms with van der Waals surface area (Å²) in [5.41, 5.74) is 1.58. The molecule has 0 atom stereocenters. The molecule has 0 amide bonds. The fourth-order valence-electron chi connectivity index (χ4n) is 1.70. The summed E-state index contributed by atoms with van der Waals surface area (Å²) in [6.45, 7) is 3.92. The van der Waals surface area contributed by atoms with E-state index in [2.05, 4.69) is 20.2 Å². The highest BCUT2D eigenvalue weighted by Gasteiger charge is 2.16. The van der Waals surface area contributed by atoms with Crippen LogP contribution >= 0.6 is 22.9 Å². The van der Waals surface area contributed by atoms with Gasteiger partial charge in [0.1, 0.15) is 5.15 Å². The average Bonchev–Trinajstić information content (AvgIpc) is 2.83. The van der Waals surface area contributed by atoms with E-state index in [1.165, 1.54) is 0 Å². The Balaban J connectivity index is 2.35. The molecule has 7 heteroatoms. The van der Waals surface area contributed by atoms with Crippen molar-refractivity contribution in [1.29, 1.82) is 0 Å². The van der Waals surface area contributed by atoms with Crippen molar-refractivity contribution in [2.45, 2.75) is 13.8 Å². The maximum absolute atomic E-state index is 6.12. The van der Waals surface area contributed by atoms with Gasteiger partial charge in [-0.2, -0.15) is 0 Å². The lowest BCUT2D eigenvalue weighted by Crippen LogP contribution is -1.92. The fourth-order valence-corrected chi connectivity index (χ4v) is 2.82. The van der Waals surface area contributed by atoms with Crippen LogP contribution in [0.5, 0.6) is 0 Å². The molecule has 0 saturated heterocycles. The normalized spacial score (nSPS) is 11.2. The second-order valence-corrected chi connectivity index (χ2v) is 5.19. The van der Waals surface area contributed by atoms with Crippen molar-refractivity contribution in [2.75, 3.05) is 0 Å². The smallest absolute Gasteiger partial charge is 0.181 e. The lowest BCUT2D eigenvalue weighted by Gasteiger charge is -1.99. The van der Waals surface area contributed by atoms with Gasteiger partial charge in [0.2, 0.25) is 0 Å². The second-order valence-electron chi connectivity index (χ2n) is 3.59. The van der Waals surface area contributed by atoms with Crippen LogP contribution in [0.4, 0.5) is 0 Å². The van der Waals surface area contributed by atoms with Crippen molar-refractivity contribution in [3.05, 3.63) is 28.2 Å². The largest absolute Gasteiger partial charge is 0.262 e. The molecule has 0 fully saturated rings. The molecule has 3 rings (SSSR count). The lowest BCUT2D eigenvalue weighted by molar-refractivity contribution is 1.10. The summed E-state index contributed by atoms with van der Waals surface area (Å²) >= 11 is 7.70. The zero-order valence-electron chi connectivity index (χ0n) is 9.18. The summed E-state index contributed by atoms with van der Waals surface area (Å²) in [6, 6.07) is 0. The molecule has 3 heterocycles. The molecular formula is C10H8ClN5S. The van der Waals surface area contributed by atoms with Gasteiger partial charge in [-0.15, -0.1) is 21.5 Å². The van der Waals surface area contributed by atoms with E-state index in [1.807, 2.05) is 13.8 Å². The Labute approximate surface area is 106 Å². The van der Waals surface area contributed by atoms with Crippen LogP contribution in [0.1, 0.15) is 10.7 Å². The summed E-state index contributed by atoms with van der Waals surface area (Å²) in [5, 5.41) is 9.70. The zero-order valence-corrected chi connectivity index (χ0v) is 10.7. The van der Waals surface area contributed by atoms with Gasteiger partial charge in [-0.3, -0.25) is 9.38 Å². The van der Waals surface area contributed by atoms with Gasteiger partial charge in [0.05, 0.1) is 28.0 Å². The SMILES string of the molecule is Cc1nc(C)c(-c2nnc3cncc(Cl)n23)s1. The highest BCUT2D eigenvalue weighted by atomic mass is 35.5. The first-order chi connectivity index (χ1) is 8.16. The molecule has 0 aromatic carbocycles. The van der Waals surface area contributed by atoms with Crippen molar-refractivity contribution in [3.63, 3.8) is 0 Å². The van der Waals surface area contributed by atoms with E-state index < -0.39 is 0 Å². The van der Waals surface area contributed by atoms with E-state index in [1.54, 1.807) is 28.1 Å². The number of nitrogens with zero attached hydrogens (tertiary/aromatic N) is 5. The summed E-state index contributed by atoms with van der Waals surface area (Å²) in [5.74, 6) is 0.718. The van der Waals surface area contributed by atoms with Gasteiger partial charge in [0.25, 0.3) is 0 Å². The minimum absolute atomic E-state index is 0.493. The van der Waals surface area contributed by atoms with Crippen molar-refractivity contribution in [3.8, 4) is 10.7 Å². The van der Waals surface area contributed by atoms with E-state index in [9.17, 15) is 0 Å². The summed E-state index contributed by atoms with van der Waals surface area (Å²) in [6.07, 6.45) is 3.20. The van der Waals surface area contributed by atoms with Gasteiger partial charge in [0, 0.05) is 0 Å². The maximum atomic E-state index is 6.12. The molecule has 0 saturated carbocycles. The van der Waals surface area contributed by atoms with Crippen molar-refractivity contribution in [2.24, 2.45) is 0 Å². The zero-order chi connectivity index (χ0) is 12.0. The van der Waals surface area contributed by atoms with Gasteiger partial charge in [-0.25, -0.2) is 4.98 Å². The first-order valence-electron chi connectivity index (χ1n) is 4.96. The molecular weight excluding hydrogens is 258 g/mol. The highest BCUT2D eigenvalue weighted by molar-refractivity contribution is 7.15. The van der Waals surface area contributed by atoms with Gasteiger partial charge in [-0.05, 0) is 13.8 Å². The number of fused-ring (bicyclic) bond motifs is 1. The second kappa shape index (κ2) is 3.75. The standard InChI is InChI=1S/C10H8ClN5S/c1-5-9(17-6(2)13-5)10-15-14-8-4-12-3-7(11)16(8)10/h3-4H,1-2H3. The third kappa shape index (κ3) is 1.60. The molecule has 3 aromatic heterocycles. The molecule has 0 aliphatic carbocycles. The first kappa shape index (κ1) is 10.6. The van der Waals surface area contributed by atoms with Crippen LogP contribution in [-0.4, -0.2) is 24.6 Å². The Bertz CT molecular complexity index is 702. The number of thiazole rings is 1. The Morgan fingerprint density at radius 1 is 1.24 bits per heavy atom. The average molecular weight is 266 g/mol. The number of halogens is 1. The number of aromatic nitrogens is 5. The van der Waals surface area contributed by atoms with E-state index in [4.69, 9.17) is 11.6 Å². The summed E-state index contributed by atoms with van der Waals surface area (Å²) in [4.78, 5) is 9.35. The number of rotatable bonds is 1.